The Morgan fingerprint density at radius 3 is 2.71 bits per heavy atom. The first-order chi connectivity index (χ1) is 6.66. The van der Waals surface area contributed by atoms with Gasteiger partial charge in [-0.2, -0.15) is 0 Å². The minimum absolute atomic E-state index is 0.253. The van der Waals surface area contributed by atoms with Gasteiger partial charge >= 0.3 is 0 Å². The molecule has 2 aromatic rings. The molecule has 0 bridgehead atoms. The van der Waals surface area contributed by atoms with E-state index in [0.29, 0.717) is 5.13 Å². The van der Waals surface area contributed by atoms with E-state index in [0.717, 1.165) is 16.1 Å². The summed E-state index contributed by atoms with van der Waals surface area (Å²) in [5.74, 6) is 0.253. The van der Waals surface area contributed by atoms with Gasteiger partial charge in [0.2, 0.25) is 5.13 Å². The van der Waals surface area contributed by atoms with Gasteiger partial charge < -0.3 is 10.8 Å². The number of aromatic nitrogens is 2. The molecule has 5 heteroatoms. The zero-order valence-corrected chi connectivity index (χ0v) is 8.38. The molecule has 0 spiro atoms. The van der Waals surface area contributed by atoms with Crippen molar-refractivity contribution in [2.45, 2.75) is 6.92 Å². The number of aromatic hydroxyl groups is 1. The number of aryl methyl sites for hydroxylation is 1. The van der Waals surface area contributed by atoms with Gasteiger partial charge in [-0.3, -0.25) is 0 Å². The maximum atomic E-state index is 9.23. The Balaban J connectivity index is 2.52. The molecule has 1 aromatic carbocycles. The molecule has 0 radical (unpaired) electrons. The van der Waals surface area contributed by atoms with E-state index < -0.39 is 0 Å². The van der Waals surface area contributed by atoms with Gasteiger partial charge in [0.15, 0.2) is 0 Å². The molecule has 2 rings (SSSR count). The molecule has 1 heterocycles. The van der Waals surface area contributed by atoms with Crippen LogP contribution in [0.1, 0.15) is 5.56 Å². The number of nitrogens with zero attached hydrogens (tertiary/aromatic N) is 2. The molecule has 3 N–H and O–H groups in total. The zero-order valence-electron chi connectivity index (χ0n) is 7.56. The fourth-order valence-electron chi connectivity index (χ4n) is 1.23. The smallest absolute Gasteiger partial charge is 0.203 e. The minimum Gasteiger partial charge on any atom is -0.508 e. The average molecular weight is 207 g/mol. The lowest BCUT2D eigenvalue weighted by molar-refractivity contribution is 0.475. The van der Waals surface area contributed by atoms with Gasteiger partial charge in [-0.25, -0.2) is 0 Å². The van der Waals surface area contributed by atoms with Crippen molar-refractivity contribution in [3.63, 3.8) is 0 Å². The number of benzene rings is 1. The monoisotopic (exact) mass is 207 g/mol. The van der Waals surface area contributed by atoms with E-state index in [4.69, 9.17) is 5.73 Å². The predicted octanol–water partition coefficient (Wildman–Crippen LogP) is 1.80. The predicted molar refractivity (Wildman–Crippen MR) is 56.2 cm³/mol. The maximum absolute atomic E-state index is 9.23. The third kappa shape index (κ3) is 1.54. The van der Waals surface area contributed by atoms with E-state index in [2.05, 4.69) is 10.2 Å². The first-order valence-electron chi connectivity index (χ1n) is 4.06. The second kappa shape index (κ2) is 3.26. The van der Waals surface area contributed by atoms with E-state index in [-0.39, 0.29) is 5.75 Å². The standard InChI is InChI=1S/C9H9N3OS/c1-5-4-6(13)2-3-7(5)8-11-12-9(10)14-8/h2-4,13H,1H3,(H2,10,12). The van der Waals surface area contributed by atoms with Crippen LogP contribution < -0.4 is 5.73 Å². The topological polar surface area (TPSA) is 72.0 Å². The number of nitrogens with two attached hydrogens (primary N) is 1. The summed E-state index contributed by atoms with van der Waals surface area (Å²) in [4.78, 5) is 0. The van der Waals surface area contributed by atoms with E-state index in [1.165, 1.54) is 11.3 Å². The summed E-state index contributed by atoms with van der Waals surface area (Å²) >= 11 is 1.33. The van der Waals surface area contributed by atoms with Crippen LogP contribution in [0.3, 0.4) is 0 Å². The molecule has 0 aliphatic heterocycles. The fraction of sp³-hybridized carbons (Fsp3) is 0.111. The normalized spacial score (nSPS) is 10.4. The van der Waals surface area contributed by atoms with Crippen LogP contribution in [0.15, 0.2) is 18.2 Å². The van der Waals surface area contributed by atoms with Crippen LogP contribution in [0.25, 0.3) is 10.6 Å². The summed E-state index contributed by atoms with van der Waals surface area (Å²) in [6, 6.07) is 5.12. The molecule has 0 saturated heterocycles. The first-order valence-corrected chi connectivity index (χ1v) is 4.87. The SMILES string of the molecule is Cc1cc(O)ccc1-c1nnc(N)s1. The highest BCUT2D eigenvalue weighted by Crippen LogP contribution is 2.29. The third-order valence-electron chi connectivity index (χ3n) is 1.88. The van der Waals surface area contributed by atoms with Crippen molar-refractivity contribution in [1.29, 1.82) is 0 Å². The van der Waals surface area contributed by atoms with Crippen molar-refractivity contribution < 1.29 is 5.11 Å². The molecule has 4 nitrogen and oxygen atoms in total. The zero-order chi connectivity index (χ0) is 10.1. The number of hydrogen-bond donors (Lipinski definition) is 2. The van der Waals surface area contributed by atoms with Gasteiger partial charge in [0.1, 0.15) is 10.8 Å². The highest BCUT2D eigenvalue weighted by molar-refractivity contribution is 7.18. The molecule has 0 aliphatic carbocycles. The molecule has 14 heavy (non-hydrogen) atoms. The molecule has 0 atom stereocenters. The molecular formula is C9H9N3OS. The third-order valence-corrected chi connectivity index (χ3v) is 2.67. The van der Waals surface area contributed by atoms with E-state index >= 15 is 0 Å². The Bertz CT molecular complexity index is 467. The number of anilines is 1. The van der Waals surface area contributed by atoms with Crippen molar-refractivity contribution in [3.05, 3.63) is 23.8 Å². The molecule has 72 valence electrons. The summed E-state index contributed by atoms with van der Waals surface area (Å²) in [6.07, 6.45) is 0. The van der Waals surface area contributed by atoms with Crippen LogP contribution >= 0.6 is 11.3 Å². The Hall–Kier alpha value is -1.62. The summed E-state index contributed by atoms with van der Waals surface area (Å²) in [5, 5.41) is 18.1. The molecule has 0 fully saturated rings. The molecule has 0 amide bonds. The van der Waals surface area contributed by atoms with Crippen LogP contribution in [0.2, 0.25) is 0 Å². The Morgan fingerprint density at radius 1 is 1.36 bits per heavy atom. The largest absolute Gasteiger partial charge is 0.508 e. The summed E-state index contributed by atoms with van der Waals surface area (Å²) < 4.78 is 0. The Kier molecular flexibility index (Phi) is 2.09. The molecule has 0 saturated carbocycles. The lowest BCUT2D eigenvalue weighted by Crippen LogP contribution is -1.82. The van der Waals surface area contributed by atoms with Gasteiger partial charge in [-0.15, -0.1) is 10.2 Å². The summed E-state index contributed by atoms with van der Waals surface area (Å²) in [5.41, 5.74) is 7.41. The van der Waals surface area contributed by atoms with Crippen molar-refractivity contribution in [1.82, 2.24) is 10.2 Å². The lowest BCUT2D eigenvalue weighted by Gasteiger charge is -2.01. The number of phenols is 1. The van der Waals surface area contributed by atoms with Crippen LogP contribution in [-0.4, -0.2) is 15.3 Å². The number of nitrogen functional groups attached to an aromatic ring is 1. The lowest BCUT2D eigenvalue weighted by atomic mass is 10.1. The van der Waals surface area contributed by atoms with Crippen molar-refractivity contribution in [2.24, 2.45) is 0 Å². The maximum Gasteiger partial charge on any atom is 0.203 e. The van der Waals surface area contributed by atoms with E-state index in [9.17, 15) is 5.11 Å². The van der Waals surface area contributed by atoms with Gasteiger partial charge in [-0.1, -0.05) is 11.3 Å². The fourth-order valence-corrected chi connectivity index (χ4v) is 1.93. The molecule has 1 aromatic heterocycles. The van der Waals surface area contributed by atoms with E-state index in [1.54, 1.807) is 12.1 Å². The van der Waals surface area contributed by atoms with Gasteiger partial charge in [-0.05, 0) is 30.7 Å². The number of rotatable bonds is 1. The van der Waals surface area contributed by atoms with Gasteiger partial charge in [0.25, 0.3) is 0 Å². The van der Waals surface area contributed by atoms with Crippen LogP contribution in [-0.2, 0) is 0 Å². The highest BCUT2D eigenvalue weighted by Gasteiger charge is 2.07. The molecule has 0 aliphatic rings. The number of hydrogen-bond acceptors (Lipinski definition) is 5. The van der Waals surface area contributed by atoms with Gasteiger partial charge in [0, 0.05) is 5.56 Å². The van der Waals surface area contributed by atoms with Crippen molar-refractivity contribution >= 4 is 16.5 Å². The van der Waals surface area contributed by atoms with Crippen LogP contribution in [0.5, 0.6) is 5.75 Å². The van der Waals surface area contributed by atoms with E-state index in [1.807, 2.05) is 13.0 Å². The molecular weight excluding hydrogens is 198 g/mol. The number of phenolic OH excluding ortho intramolecular Hbond substituents is 1. The highest BCUT2D eigenvalue weighted by atomic mass is 32.1. The molecule has 0 unspecified atom stereocenters. The first kappa shape index (κ1) is 8.96. The van der Waals surface area contributed by atoms with Crippen molar-refractivity contribution in [2.75, 3.05) is 5.73 Å². The van der Waals surface area contributed by atoms with Crippen LogP contribution in [0.4, 0.5) is 5.13 Å². The Morgan fingerprint density at radius 2 is 2.14 bits per heavy atom. The van der Waals surface area contributed by atoms with Crippen molar-refractivity contribution in [3.8, 4) is 16.3 Å². The summed E-state index contributed by atoms with van der Waals surface area (Å²) in [6.45, 7) is 1.91. The summed E-state index contributed by atoms with van der Waals surface area (Å²) in [7, 11) is 0. The van der Waals surface area contributed by atoms with Gasteiger partial charge in [0.05, 0.1) is 0 Å². The average Bonchev–Trinajstić information content (AvgIpc) is 2.51. The second-order valence-corrected chi connectivity index (χ2v) is 3.95. The van der Waals surface area contributed by atoms with Crippen LogP contribution in [0, 0.1) is 6.92 Å². The second-order valence-electron chi connectivity index (χ2n) is 2.94. The quantitative estimate of drug-likeness (QED) is 0.748. The Labute approximate surface area is 85.0 Å². The minimum atomic E-state index is 0.253.